The molecule has 0 saturated heterocycles. The number of ether oxygens (including phenoxy) is 2. The molecular formula is C19H16O4. The Labute approximate surface area is 133 Å². The first-order chi connectivity index (χ1) is 11.2. The van der Waals surface area contributed by atoms with Crippen LogP contribution in [-0.2, 0) is 11.3 Å². The minimum Gasteiger partial charge on any atom is -0.507 e. The van der Waals surface area contributed by atoms with Crippen LogP contribution in [0, 0.1) is 0 Å². The van der Waals surface area contributed by atoms with Gasteiger partial charge >= 0.3 is 5.97 Å². The van der Waals surface area contributed by atoms with E-state index in [4.69, 9.17) is 9.47 Å². The van der Waals surface area contributed by atoms with Crippen LogP contribution >= 0.6 is 0 Å². The molecule has 0 spiro atoms. The van der Waals surface area contributed by atoms with Crippen molar-refractivity contribution in [2.45, 2.75) is 6.61 Å². The van der Waals surface area contributed by atoms with Gasteiger partial charge in [-0.2, -0.15) is 0 Å². The van der Waals surface area contributed by atoms with Gasteiger partial charge in [-0.05, 0) is 23.8 Å². The molecule has 0 saturated carbocycles. The van der Waals surface area contributed by atoms with Crippen molar-refractivity contribution in [3.63, 3.8) is 0 Å². The van der Waals surface area contributed by atoms with Gasteiger partial charge in [-0.1, -0.05) is 42.5 Å². The molecule has 116 valence electrons. The van der Waals surface area contributed by atoms with E-state index in [1.165, 1.54) is 13.2 Å². The number of phenols is 1. The molecule has 3 rings (SSSR count). The molecular weight excluding hydrogens is 292 g/mol. The molecule has 0 atom stereocenters. The maximum atomic E-state index is 11.7. The summed E-state index contributed by atoms with van der Waals surface area (Å²) in [5, 5.41) is 11.4. The number of benzene rings is 3. The van der Waals surface area contributed by atoms with Crippen molar-refractivity contribution in [1.82, 2.24) is 0 Å². The summed E-state index contributed by atoms with van der Waals surface area (Å²) >= 11 is 0. The highest BCUT2D eigenvalue weighted by atomic mass is 16.5. The highest BCUT2D eigenvalue weighted by molar-refractivity contribution is 6.00. The normalized spacial score (nSPS) is 10.5. The number of esters is 1. The minimum absolute atomic E-state index is 0.0214. The fourth-order valence-corrected chi connectivity index (χ4v) is 2.44. The maximum absolute atomic E-state index is 11.7. The van der Waals surface area contributed by atoms with Crippen LogP contribution in [0.2, 0.25) is 0 Å². The number of fused-ring (bicyclic) bond motifs is 1. The molecule has 0 fully saturated rings. The smallest absolute Gasteiger partial charge is 0.338 e. The zero-order chi connectivity index (χ0) is 16.2. The number of methoxy groups -OCH3 is 1. The minimum atomic E-state index is -0.500. The van der Waals surface area contributed by atoms with E-state index in [1.807, 2.05) is 36.4 Å². The predicted molar refractivity (Wildman–Crippen MR) is 87.7 cm³/mol. The van der Waals surface area contributed by atoms with Crippen molar-refractivity contribution in [2.75, 3.05) is 7.11 Å². The number of hydrogen-bond donors (Lipinski definition) is 1. The molecule has 0 heterocycles. The summed E-state index contributed by atoms with van der Waals surface area (Å²) in [4.78, 5) is 11.7. The van der Waals surface area contributed by atoms with E-state index in [-0.39, 0.29) is 11.3 Å². The molecule has 0 aliphatic rings. The summed E-state index contributed by atoms with van der Waals surface area (Å²) in [6.07, 6.45) is 0. The first-order valence-electron chi connectivity index (χ1n) is 7.20. The summed E-state index contributed by atoms with van der Waals surface area (Å²) in [6.45, 7) is 0.406. The van der Waals surface area contributed by atoms with Crippen LogP contribution in [0.5, 0.6) is 11.5 Å². The van der Waals surface area contributed by atoms with Crippen LogP contribution < -0.4 is 4.74 Å². The first-order valence-corrected chi connectivity index (χ1v) is 7.20. The van der Waals surface area contributed by atoms with Crippen LogP contribution in [0.3, 0.4) is 0 Å². The van der Waals surface area contributed by atoms with Gasteiger partial charge in [0.2, 0.25) is 0 Å². The molecule has 3 aromatic carbocycles. The van der Waals surface area contributed by atoms with Crippen LogP contribution in [0.25, 0.3) is 10.8 Å². The third kappa shape index (κ3) is 3.11. The molecule has 3 aromatic rings. The molecule has 0 aromatic heterocycles. The van der Waals surface area contributed by atoms with Gasteiger partial charge in [-0.3, -0.25) is 0 Å². The van der Waals surface area contributed by atoms with Crippen LogP contribution in [0.15, 0.2) is 60.7 Å². The number of hydrogen-bond acceptors (Lipinski definition) is 4. The van der Waals surface area contributed by atoms with Crippen molar-refractivity contribution < 1.29 is 19.4 Å². The van der Waals surface area contributed by atoms with Crippen LogP contribution in [-0.4, -0.2) is 18.2 Å². The van der Waals surface area contributed by atoms with Gasteiger partial charge in [0.1, 0.15) is 18.1 Å². The summed E-state index contributed by atoms with van der Waals surface area (Å²) < 4.78 is 10.6. The Morgan fingerprint density at radius 2 is 1.78 bits per heavy atom. The fourth-order valence-electron chi connectivity index (χ4n) is 2.44. The largest absolute Gasteiger partial charge is 0.507 e. The summed E-state index contributed by atoms with van der Waals surface area (Å²) in [6, 6.07) is 18.3. The molecule has 1 N–H and O–H groups in total. The van der Waals surface area contributed by atoms with Gasteiger partial charge in [0.15, 0.2) is 0 Å². The third-order valence-electron chi connectivity index (χ3n) is 3.59. The molecule has 0 bridgehead atoms. The maximum Gasteiger partial charge on any atom is 0.338 e. The standard InChI is InChI=1S/C19H16O4/c1-22-19(21)14-10-16-15(17(20)11-14)8-5-9-18(16)23-12-13-6-3-2-4-7-13/h2-11,20H,12H2,1H3. The summed E-state index contributed by atoms with van der Waals surface area (Å²) in [7, 11) is 1.31. The zero-order valence-electron chi connectivity index (χ0n) is 12.7. The molecule has 0 amide bonds. The predicted octanol–water partition coefficient (Wildman–Crippen LogP) is 3.91. The third-order valence-corrected chi connectivity index (χ3v) is 3.59. The molecule has 23 heavy (non-hydrogen) atoms. The lowest BCUT2D eigenvalue weighted by Crippen LogP contribution is -2.01. The fraction of sp³-hybridized carbons (Fsp3) is 0.105. The van der Waals surface area contributed by atoms with E-state index in [9.17, 15) is 9.90 Å². The Morgan fingerprint density at radius 3 is 2.52 bits per heavy atom. The highest BCUT2D eigenvalue weighted by Crippen LogP contribution is 2.33. The molecule has 4 nitrogen and oxygen atoms in total. The van der Waals surface area contributed by atoms with Gasteiger partial charge in [-0.15, -0.1) is 0 Å². The Bertz CT molecular complexity index is 841. The van der Waals surface area contributed by atoms with E-state index in [2.05, 4.69) is 0 Å². The molecule has 0 unspecified atom stereocenters. The van der Waals surface area contributed by atoms with E-state index in [0.717, 1.165) is 5.56 Å². The zero-order valence-corrected chi connectivity index (χ0v) is 12.7. The number of carbonyl (C=O) groups is 1. The lowest BCUT2D eigenvalue weighted by molar-refractivity contribution is 0.0600. The van der Waals surface area contributed by atoms with Gasteiger partial charge in [0.25, 0.3) is 0 Å². The Morgan fingerprint density at radius 1 is 1.00 bits per heavy atom. The Kier molecular flexibility index (Phi) is 4.15. The van der Waals surface area contributed by atoms with E-state index >= 15 is 0 Å². The Hall–Kier alpha value is -3.01. The van der Waals surface area contributed by atoms with Gasteiger partial charge in [-0.25, -0.2) is 4.79 Å². The number of carbonyl (C=O) groups excluding carboxylic acids is 1. The molecule has 0 aliphatic carbocycles. The van der Waals surface area contributed by atoms with E-state index in [0.29, 0.717) is 23.1 Å². The van der Waals surface area contributed by atoms with Gasteiger partial charge < -0.3 is 14.6 Å². The average molecular weight is 308 g/mol. The second-order valence-electron chi connectivity index (χ2n) is 5.11. The quantitative estimate of drug-likeness (QED) is 0.742. The molecule has 0 aliphatic heterocycles. The molecule has 0 radical (unpaired) electrons. The molecule has 4 heteroatoms. The number of rotatable bonds is 4. The summed E-state index contributed by atoms with van der Waals surface area (Å²) in [5.74, 6) is 0.125. The van der Waals surface area contributed by atoms with Crippen molar-refractivity contribution in [3.8, 4) is 11.5 Å². The summed E-state index contributed by atoms with van der Waals surface area (Å²) in [5.41, 5.74) is 1.33. The van der Waals surface area contributed by atoms with E-state index in [1.54, 1.807) is 18.2 Å². The van der Waals surface area contributed by atoms with Crippen molar-refractivity contribution in [3.05, 3.63) is 71.8 Å². The van der Waals surface area contributed by atoms with Gasteiger partial charge in [0.05, 0.1) is 12.7 Å². The van der Waals surface area contributed by atoms with E-state index < -0.39 is 5.97 Å². The lowest BCUT2D eigenvalue weighted by Gasteiger charge is -2.11. The van der Waals surface area contributed by atoms with Crippen molar-refractivity contribution in [1.29, 1.82) is 0 Å². The van der Waals surface area contributed by atoms with Crippen molar-refractivity contribution in [2.24, 2.45) is 0 Å². The highest BCUT2D eigenvalue weighted by Gasteiger charge is 2.13. The monoisotopic (exact) mass is 308 g/mol. The van der Waals surface area contributed by atoms with Crippen LogP contribution in [0.4, 0.5) is 0 Å². The SMILES string of the molecule is COC(=O)c1cc(O)c2cccc(OCc3ccccc3)c2c1. The first kappa shape index (κ1) is 14.9. The lowest BCUT2D eigenvalue weighted by atomic mass is 10.0. The average Bonchev–Trinajstić information content (AvgIpc) is 2.60. The topological polar surface area (TPSA) is 55.8 Å². The number of phenolic OH excluding ortho intramolecular Hbond substituents is 1. The second kappa shape index (κ2) is 6.40. The number of aromatic hydroxyl groups is 1. The second-order valence-corrected chi connectivity index (χ2v) is 5.11. The Balaban J connectivity index is 1.99. The van der Waals surface area contributed by atoms with Gasteiger partial charge in [0, 0.05) is 10.8 Å². The van der Waals surface area contributed by atoms with Crippen LogP contribution in [0.1, 0.15) is 15.9 Å². The van der Waals surface area contributed by atoms with Crippen molar-refractivity contribution >= 4 is 16.7 Å².